The summed E-state index contributed by atoms with van der Waals surface area (Å²) in [6.07, 6.45) is 52.8. The normalized spacial score (nSPS) is 13.5. The summed E-state index contributed by atoms with van der Waals surface area (Å²) in [6, 6.07) is 0. The lowest BCUT2D eigenvalue weighted by Gasteiger charge is -2.20. The zero-order valence-electron chi connectivity index (χ0n) is 45.5. The van der Waals surface area contributed by atoms with Crippen LogP contribution in [-0.2, 0) is 42.2 Å². The molecule has 70 heavy (non-hydrogen) atoms. The van der Waals surface area contributed by atoms with E-state index in [1.165, 1.54) is 135 Å². The average Bonchev–Trinajstić information content (AvgIpc) is 3.34. The molecule has 12 heteroatoms. The first kappa shape index (κ1) is 68.0. The van der Waals surface area contributed by atoms with Crippen LogP contribution in [0.3, 0.4) is 0 Å². The van der Waals surface area contributed by atoms with E-state index in [1.807, 2.05) is 0 Å². The van der Waals surface area contributed by atoms with Gasteiger partial charge in [0.2, 0.25) is 0 Å². The number of carbonyl (C=O) groups excluding carboxylic acids is 3. The highest BCUT2D eigenvalue weighted by Gasteiger charge is 2.27. The number of aliphatic hydroxyl groups excluding tert-OH is 1. The first-order chi connectivity index (χ1) is 34.1. The standard InChI is InChI=1S/C58H109O11P/c1-4-7-10-13-16-19-22-25-27-30-33-36-39-42-45-48-57(61)66-52-55(69-58(62)49-46-43-40-37-34-31-28-26-23-20-17-14-11-8-5-2)53-68-70(63,64)67-51-54(59)50-65-56(60)47-44-41-38-35-32-29-24-21-18-15-12-9-6-3/h25-28,54-55,59H,4-24,29-53H2,1-3H3,(H,63,64)/b27-25-,28-26-/t54-,55-/m1/s1. The smallest absolute Gasteiger partial charge is 0.463 e. The molecule has 0 aromatic carbocycles. The van der Waals surface area contributed by atoms with E-state index in [9.17, 15) is 28.9 Å². The van der Waals surface area contributed by atoms with Gasteiger partial charge in [-0.1, -0.05) is 225 Å². The number of esters is 3. The summed E-state index contributed by atoms with van der Waals surface area (Å²) < 4.78 is 39.1. The molecule has 0 bridgehead atoms. The van der Waals surface area contributed by atoms with Gasteiger partial charge in [0, 0.05) is 19.3 Å². The average molecular weight is 1010 g/mol. The quantitative estimate of drug-likeness (QED) is 0.0197. The van der Waals surface area contributed by atoms with Gasteiger partial charge in [-0.2, -0.15) is 0 Å². The Labute approximate surface area is 429 Å². The van der Waals surface area contributed by atoms with Crippen LogP contribution in [0.2, 0.25) is 0 Å². The van der Waals surface area contributed by atoms with Crippen LogP contribution in [0.15, 0.2) is 24.3 Å². The number of aliphatic hydroxyl groups is 1. The highest BCUT2D eigenvalue weighted by atomic mass is 31.2. The second-order valence-electron chi connectivity index (χ2n) is 19.9. The molecule has 0 rings (SSSR count). The molecule has 0 spiro atoms. The lowest BCUT2D eigenvalue weighted by atomic mass is 10.0. The molecule has 0 amide bonds. The minimum absolute atomic E-state index is 0.162. The van der Waals surface area contributed by atoms with Gasteiger partial charge in [0.15, 0.2) is 6.10 Å². The van der Waals surface area contributed by atoms with Crippen LogP contribution in [0, 0.1) is 0 Å². The molecule has 0 radical (unpaired) electrons. The maximum Gasteiger partial charge on any atom is 0.472 e. The van der Waals surface area contributed by atoms with Crippen LogP contribution in [0.1, 0.15) is 290 Å². The Morgan fingerprint density at radius 3 is 1.03 bits per heavy atom. The minimum atomic E-state index is -4.72. The number of hydrogen-bond acceptors (Lipinski definition) is 10. The summed E-state index contributed by atoms with van der Waals surface area (Å²) in [4.78, 5) is 48.1. The van der Waals surface area contributed by atoms with Gasteiger partial charge >= 0.3 is 25.7 Å². The fourth-order valence-electron chi connectivity index (χ4n) is 8.29. The van der Waals surface area contributed by atoms with Gasteiger partial charge in [-0.05, 0) is 70.6 Å². The van der Waals surface area contributed by atoms with Crippen molar-refractivity contribution in [3.8, 4) is 0 Å². The SMILES string of the molecule is CCCCCCCC/C=C\CCCCCCCC(=O)OC[C@H](COP(=O)(O)OC[C@H](O)COC(=O)CCCCCCCCCCCCCCC)OC(=O)CCCCCCC/C=C\CCCCCCCC. The Morgan fingerprint density at radius 2 is 0.671 bits per heavy atom. The Balaban J connectivity index is 4.61. The third-order valence-corrected chi connectivity index (χ3v) is 13.7. The molecule has 0 fully saturated rings. The Bertz CT molecular complexity index is 1270. The van der Waals surface area contributed by atoms with Crippen molar-refractivity contribution in [2.75, 3.05) is 26.4 Å². The van der Waals surface area contributed by atoms with Crippen LogP contribution in [0.5, 0.6) is 0 Å². The number of hydrogen-bond donors (Lipinski definition) is 2. The Morgan fingerprint density at radius 1 is 0.386 bits per heavy atom. The van der Waals surface area contributed by atoms with E-state index in [2.05, 4.69) is 45.1 Å². The van der Waals surface area contributed by atoms with Gasteiger partial charge in [-0.25, -0.2) is 4.57 Å². The van der Waals surface area contributed by atoms with Crippen molar-refractivity contribution < 1.29 is 52.2 Å². The van der Waals surface area contributed by atoms with Gasteiger partial charge in [0.25, 0.3) is 0 Å². The molecule has 0 aliphatic heterocycles. The van der Waals surface area contributed by atoms with Crippen LogP contribution >= 0.6 is 7.82 Å². The molecule has 0 aliphatic carbocycles. The van der Waals surface area contributed by atoms with Gasteiger partial charge in [-0.3, -0.25) is 23.4 Å². The lowest BCUT2D eigenvalue weighted by molar-refractivity contribution is -0.161. The van der Waals surface area contributed by atoms with Crippen LogP contribution in [0.25, 0.3) is 0 Å². The number of ether oxygens (including phenoxy) is 3. The molecule has 0 saturated heterocycles. The summed E-state index contributed by atoms with van der Waals surface area (Å²) >= 11 is 0. The van der Waals surface area contributed by atoms with Crippen LogP contribution in [0.4, 0.5) is 0 Å². The van der Waals surface area contributed by atoms with E-state index in [1.54, 1.807) is 0 Å². The van der Waals surface area contributed by atoms with Crippen molar-refractivity contribution in [2.45, 2.75) is 303 Å². The summed E-state index contributed by atoms with van der Waals surface area (Å²) in [5.74, 6) is -1.39. The molecule has 412 valence electrons. The molecule has 3 atom stereocenters. The molecule has 1 unspecified atom stereocenters. The fraction of sp³-hybridized carbons (Fsp3) is 0.879. The van der Waals surface area contributed by atoms with Crippen molar-refractivity contribution in [3.63, 3.8) is 0 Å². The number of allylic oxidation sites excluding steroid dienone is 4. The largest absolute Gasteiger partial charge is 0.472 e. The predicted molar refractivity (Wildman–Crippen MR) is 289 cm³/mol. The topological polar surface area (TPSA) is 155 Å². The zero-order chi connectivity index (χ0) is 51.3. The predicted octanol–water partition coefficient (Wildman–Crippen LogP) is 17.0. The molecule has 0 saturated carbocycles. The van der Waals surface area contributed by atoms with E-state index in [0.717, 1.165) is 96.3 Å². The van der Waals surface area contributed by atoms with Crippen LogP contribution < -0.4 is 0 Å². The molecule has 0 aliphatic rings. The van der Waals surface area contributed by atoms with Crippen molar-refractivity contribution in [3.05, 3.63) is 24.3 Å². The van der Waals surface area contributed by atoms with E-state index in [0.29, 0.717) is 19.3 Å². The Kier molecular flexibility index (Phi) is 51.7. The molecule has 2 N–H and O–H groups in total. The summed E-state index contributed by atoms with van der Waals surface area (Å²) in [7, 11) is -4.72. The maximum absolute atomic E-state index is 12.8. The first-order valence-electron chi connectivity index (χ1n) is 29.2. The van der Waals surface area contributed by atoms with Gasteiger partial charge in [0.05, 0.1) is 13.2 Å². The third kappa shape index (κ3) is 52.3. The monoisotopic (exact) mass is 1010 g/mol. The van der Waals surface area contributed by atoms with E-state index < -0.39 is 51.2 Å². The van der Waals surface area contributed by atoms with Crippen molar-refractivity contribution in [1.29, 1.82) is 0 Å². The van der Waals surface area contributed by atoms with Gasteiger partial charge in [-0.15, -0.1) is 0 Å². The number of phosphoric acid groups is 1. The Hall–Kier alpha value is -2.04. The number of carbonyl (C=O) groups is 3. The number of phosphoric ester groups is 1. The van der Waals surface area contributed by atoms with Crippen molar-refractivity contribution in [2.24, 2.45) is 0 Å². The number of rotatable bonds is 55. The van der Waals surface area contributed by atoms with Crippen molar-refractivity contribution >= 4 is 25.7 Å². The molecule has 0 aromatic rings. The summed E-state index contributed by atoms with van der Waals surface area (Å²) in [5.41, 5.74) is 0. The van der Waals surface area contributed by atoms with Gasteiger partial charge in [0.1, 0.15) is 19.3 Å². The second-order valence-corrected chi connectivity index (χ2v) is 21.3. The highest BCUT2D eigenvalue weighted by Crippen LogP contribution is 2.43. The highest BCUT2D eigenvalue weighted by molar-refractivity contribution is 7.47. The van der Waals surface area contributed by atoms with Crippen LogP contribution in [-0.4, -0.2) is 66.5 Å². The molecular formula is C58H109O11P. The molecule has 0 heterocycles. The molecule has 11 nitrogen and oxygen atoms in total. The fourth-order valence-corrected chi connectivity index (χ4v) is 9.08. The molecular weight excluding hydrogens is 904 g/mol. The molecule has 0 aromatic heterocycles. The van der Waals surface area contributed by atoms with Crippen molar-refractivity contribution in [1.82, 2.24) is 0 Å². The third-order valence-electron chi connectivity index (χ3n) is 12.8. The summed E-state index contributed by atoms with van der Waals surface area (Å²) in [6.45, 7) is 4.83. The first-order valence-corrected chi connectivity index (χ1v) is 30.7. The van der Waals surface area contributed by atoms with Gasteiger partial charge < -0.3 is 24.2 Å². The maximum atomic E-state index is 12.8. The second kappa shape index (κ2) is 53.3. The summed E-state index contributed by atoms with van der Waals surface area (Å²) in [5, 5.41) is 10.3. The number of unbranched alkanes of at least 4 members (excludes halogenated alkanes) is 34. The van der Waals surface area contributed by atoms with E-state index in [4.69, 9.17) is 23.3 Å². The zero-order valence-corrected chi connectivity index (χ0v) is 46.4. The van der Waals surface area contributed by atoms with E-state index >= 15 is 0 Å². The minimum Gasteiger partial charge on any atom is -0.463 e. The lowest BCUT2D eigenvalue weighted by Crippen LogP contribution is -2.30. The van der Waals surface area contributed by atoms with E-state index in [-0.39, 0.29) is 32.5 Å².